The minimum atomic E-state index is -0.457. The molecule has 98 valence electrons. The minimum absolute atomic E-state index is 0.0752. The Hall–Kier alpha value is -0.870. The highest BCUT2D eigenvalue weighted by atomic mass is 16.2. The molecule has 1 aliphatic rings. The molecule has 4 heteroatoms. The van der Waals surface area contributed by atoms with E-state index in [-0.39, 0.29) is 5.91 Å². The number of carbonyl (C=O) groups excluding carboxylic acids is 1. The van der Waals surface area contributed by atoms with Crippen LogP contribution in [0.3, 0.4) is 0 Å². The molecule has 0 spiro atoms. The molecule has 2 unspecified atom stereocenters. The molecule has 1 amide bonds. The van der Waals surface area contributed by atoms with Crippen molar-refractivity contribution >= 4 is 5.91 Å². The summed E-state index contributed by atoms with van der Waals surface area (Å²) < 4.78 is 0. The predicted octanol–water partition coefficient (Wildman–Crippen LogP) is 0.880. The number of nitrogens with two attached hydrogens (primary N) is 1. The van der Waals surface area contributed by atoms with Gasteiger partial charge >= 0.3 is 0 Å². The molecule has 1 heterocycles. The Balaban J connectivity index is 2.24. The Bertz CT molecular complexity index is 249. The summed E-state index contributed by atoms with van der Waals surface area (Å²) >= 11 is 0. The van der Waals surface area contributed by atoms with Crippen LogP contribution in [0.4, 0.5) is 0 Å². The van der Waals surface area contributed by atoms with Crippen LogP contribution in [0.2, 0.25) is 0 Å². The fraction of sp³-hybridized carbons (Fsp3) is 0.769. The Kier molecular flexibility index (Phi) is 6.22. The number of likely N-dealkylation sites (tertiary alicyclic amines) is 1. The van der Waals surface area contributed by atoms with Crippen molar-refractivity contribution in [2.24, 2.45) is 5.73 Å². The fourth-order valence-electron chi connectivity index (χ4n) is 2.15. The van der Waals surface area contributed by atoms with E-state index in [1.54, 1.807) is 6.08 Å². The summed E-state index contributed by atoms with van der Waals surface area (Å²) in [6.45, 7) is 8.72. The average molecular weight is 239 g/mol. The van der Waals surface area contributed by atoms with Gasteiger partial charge in [-0.15, -0.1) is 6.58 Å². The lowest BCUT2D eigenvalue weighted by Gasteiger charge is -2.32. The first-order chi connectivity index (χ1) is 8.15. The van der Waals surface area contributed by atoms with Gasteiger partial charge in [0.05, 0.1) is 6.04 Å². The van der Waals surface area contributed by atoms with Gasteiger partial charge in [-0.2, -0.15) is 0 Å². The Morgan fingerprint density at radius 1 is 1.47 bits per heavy atom. The van der Waals surface area contributed by atoms with Crippen LogP contribution in [0.5, 0.6) is 0 Å². The maximum atomic E-state index is 11.6. The van der Waals surface area contributed by atoms with Crippen molar-refractivity contribution < 1.29 is 4.79 Å². The Labute approximate surface area is 104 Å². The average Bonchev–Trinajstić information content (AvgIpc) is 2.36. The van der Waals surface area contributed by atoms with Crippen LogP contribution in [-0.4, -0.2) is 42.5 Å². The van der Waals surface area contributed by atoms with Crippen molar-refractivity contribution in [1.82, 2.24) is 10.2 Å². The number of nitrogens with zero attached hydrogens (tertiary/aromatic N) is 1. The molecule has 0 saturated carbocycles. The zero-order valence-electron chi connectivity index (χ0n) is 10.8. The van der Waals surface area contributed by atoms with Gasteiger partial charge in [0.25, 0.3) is 0 Å². The van der Waals surface area contributed by atoms with Gasteiger partial charge in [-0.3, -0.25) is 9.69 Å². The number of piperidine rings is 1. The minimum Gasteiger partial charge on any atom is -0.353 e. The van der Waals surface area contributed by atoms with Gasteiger partial charge in [0, 0.05) is 12.6 Å². The maximum absolute atomic E-state index is 11.6. The second-order valence-corrected chi connectivity index (χ2v) is 4.82. The summed E-state index contributed by atoms with van der Waals surface area (Å²) in [4.78, 5) is 14.1. The Morgan fingerprint density at radius 3 is 2.71 bits per heavy atom. The molecule has 1 aliphatic heterocycles. The Morgan fingerprint density at radius 2 is 2.12 bits per heavy atom. The maximum Gasteiger partial charge on any atom is 0.237 e. The molecule has 0 aromatic carbocycles. The van der Waals surface area contributed by atoms with Gasteiger partial charge < -0.3 is 11.1 Å². The molecule has 4 nitrogen and oxygen atoms in total. The van der Waals surface area contributed by atoms with E-state index in [0.717, 1.165) is 13.1 Å². The van der Waals surface area contributed by atoms with Crippen molar-refractivity contribution in [3.63, 3.8) is 0 Å². The van der Waals surface area contributed by atoms with Crippen molar-refractivity contribution in [3.8, 4) is 0 Å². The molecular formula is C13H25N3O. The van der Waals surface area contributed by atoms with E-state index >= 15 is 0 Å². The van der Waals surface area contributed by atoms with E-state index in [1.807, 2.05) is 0 Å². The fourth-order valence-corrected chi connectivity index (χ4v) is 2.15. The number of rotatable bonds is 6. The lowest BCUT2D eigenvalue weighted by atomic mass is 10.1. The third-order valence-electron chi connectivity index (χ3n) is 3.34. The van der Waals surface area contributed by atoms with E-state index in [4.69, 9.17) is 5.73 Å². The lowest BCUT2D eigenvalue weighted by molar-refractivity contribution is -0.122. The molecule has 0 aliphatic carbocycles. The second-order valence-electron chi connectivity index (χ2n) is 4.82. The van der Waals surface area contributed by atoms with Crippen molar-refractivity contribution in [3.05, 3.63) is 12.7 Å². The van der Waals surface area contributed by atoms with Crippen LogP contribution in [-0.2, 0) is 4.79 Å². The molecule has 1 saturated heterocycles. The quantitative estimate of drug-likeness (QED) is 0.677. The van der Waals surface area contributed by atoms with Gasteiger partial charge in [0.15, 0.2) is 0 Å². The monoisotopic (exact) mass is 239 g/mol. The van der Waals surface area contributed by atoms with Gasteiger partial charge in [-0.25, -0.2) is 0 Å². The molecule has 0 aromatic rings. The summed E-state index contributed by atoms with van der Waals surface area (Å²) in [7, 11) is 0. The van der Waals surface area contributed by atoms with Crippen LogP contribution >= 0.6 is 0 Å². The van der Waals surface area contributed by atoms with Crippen LogP contribution in [0.1, 0.15) is 32.6 Å². The topological polar surface area (TPSA) is 58.4 Å². The van der Waals surface area contributed by atoms with Crippen LogP contribution in [0.25, 0.3) is 0 Å². The molecular weight excluding hydrogens is 214 g/mol. The van der Waals surface area contributed by atoms with Crippen molar-refractivity contribution in [2.75, 3.05) is 19.6 Å². The summed E-state index contributed by atoms with van der Waals surface area (Å²) in [6.07, 6.45) is 6.09. The first kappa shape index (κ1) is 14.2. The molecule has 0 radical (unpaired) electrons. The molecule has 3 N–H and O–H groups in total. The van der Waals surface area contributed by atoms with E-state index < -0.39 is 6.04 Å². The molecule has 1 fully saturated rings. The first-order valence-corrected chi connectivity index (χ1v) is 6.53. The number of carbonyl (C=O) groups is 1. The van der Waals surface area contributed by atoms with E-state index in [2.05, 4.69) is 23.7 Å². The number of amides is 1. The molecule has 0 aromatic heterocycles. The smallest absolute Gasteiger partial charge is 0.237 e. The zero-order chi connectivity index (χ0) is 12.7. The van der Waals surface area contributed by atoms with Crippen LogP contribution < -0.4 is 11.1 Å². The zero-order valence-corrected chi connectivity index (χ0v) is 10.8. The molecule has 0 bridgehead atoms. The van der Waals surface area contributed by atoms with Gasteiger partial charge in [-0.1, -0.05) is 12.5 Å². The normalized spacial score (nSPS) is 20.6. The van der Waals surface area contributed by atoms with E-state index in [0.29, 0.717) is 19.0 Å². The van der Waals surface area contributed by atoms with Gasteiger partial charge in [-0.05, 0) is 39.3 Å². The molecule has 2 atom stereocenters. The molecule has 1 rings (SSSR count). The summed E-state index contributed by atoms with van der Waals surface area (Å²) in [5, 5.41) is 2.91. The highest BCUT2D eigenvalue weighted by Gasteiger charge is 2.18. The number of nitrogens with one attached hydrogen (secondary N) is 1. The van der Waals surface area contributed by atoms with Crippen LogP contribution in [0, 0.1) is 0 Å². The third kappa shape index (κ3) is 4.88. The highest BCUT2D eigenvalue weighted by molar-refractivity contribution is 5.81. The predicted molar refractivity (Wildman–Crippen MR) is 70.7 cm³/mol. The first-order valence-electron chi connectivity index (χ1n) is 6.53. The van der Waals surface area contributed by atoms with E-state index in [9.17, 15) is 4.79 Å². The van der Waals surface area contributed by atoms with Gasteiger partial charge in [0.2, 0.25) is 5.91 Å². The summed E-state index contributed by atoms with van der Waals surface area (Å²) in [5.74, 6) is -0.0752. The number of hydrogen-bond donors (Lipinski definition) is 2. The highest BCUT2D eigenvalue weighted by Crippen LogP contribution is 2.11. The SMILES string of the molecule is C=CCC(N)C(=O)NCC(C)N1CCCCC1. The molecule has 17 heavy (non-hydrogen) atoms. The summed E-state index contributed by atoms with van der Waals surface area (Å²) in [6, 6.07) is -0.0590. The second kappa shape index (κ2) is 7.45. The summed E-state index contributed by atoms with van der Waals surface area (Å²) in [5.41, 5.74) is 5.70. The number of hydrogen-bond acceptors (Lipinski definition) is 3. The van der Waals surface area contributed by atoms with Crippen molar-refractivity contribution in [2.45, 2.75) is 44.7 Å². The van der Waals surface area contributed by atoms with Crippen LogP contribution in [0.15, 0.2) is 12.7 Å². The lowest BCUT2D eigenvalue weighted by Crippen LogP contribution is -2.48. The van der Waals surface area contributed by atoms with Crippen molar-refractivity contribution in [1.29, 1.82) is 0 Å². The largest absolute Gasteiger partial charge is 0.353 e. The van der Waals surface area contributed by atoms with E-state index in [1.165, 1.54) is 19.3 Å². The standard InChI is InChI=1S/C13H25N3O/c1-3-7-12(14)13(17)15-10-11(2)16-8-5-4-6-9-16/h3,11-12H,1,4-10,14H2,2H3,(H,15,17). The third-order valence-corrected chi connectivity index (χ3v) is 3.34. The van der Waals surface area contributed by atoms with Gasteiger partial charge in [0.1, 0.15) is 0 Å².